The first-order valence-electron chi connectivity index (χ1n) is 9.97. The Balaban J connectivity index is 1.81. The Kier molecular flexibility index (Phi) is 7.28. The summed E-state index contributed by atoms with van der Waals surface area (Å²) in [7, 11) is 0. The lowest BCUT2D eigenvalue weighted by molar-refractivity contribution is 0.0772. The topological polar surface area (TPSA) is 38.8 Å². The van der Waals surface area contributed by atoms with E-state index in [9.17, 15) is 4.79 Å². The molecular formula is C25H27NO3. The van der Waals surface area contributed by atoms with Crippen LogP contribution in [0, 0.1) is 0 Å². The molecule has 0 aliphatic carbocycles. The highest BCUT2D eigenvalue weighted by Gasteiger charge is 2.15. The van der Waals surface area contributed by atoms with Gasteiger partial charge in [-0.25, -0.2) is 0 Å². The first-order valence-corrected chi connectivity index (χ1v) is 9.97. The summed E-state index contributed by atoms with van der Waals surface area (Å²) in [5.41, 5.74) is 2.71. The van der Waals surface area contributed by atoms with Gasteiger partial charge < -0.3 is 14.4 Å². The third kappa shape index (κ3) is 5.85. The van der Waals surface area contributed by atoms with Crippen molar-refractivity contribution in [3.8, 4) is 11.5 Å². The predicted molar refractivity (Wildman–Crippen MR) is 115 cm³/mol. The number of rotatable bonds is 9. The van der Waals surface area contributed by atoms with Gasteiger partial charge in [-0.05, 0) is 37.1 Å². The standard InChI is InChI=1S/C25H27NO3/c1-3-26(4-2)25(27)22-15-23(28-18-20-11-7-5-8-12-20)17-24(16-22)29-19-21-13-9-6-10-14-21/h5-17H,3-4,18-19H2,1-2H3. The summed E-state index contributed by atoms with van der Waals surface area (Å²) < 4.78 is 11.9. The predicted octanol–water partition coefficient (Wildman–Crippen LogP) is 5.33. The Morgan fingerprint density at radius 3 is 1.59 bits per heavy atom. The first kappa shape index (κ1) is 20.5. The van der Waals surface area contributed by atoms with E-state index in [0.717, 1.165) is 11.1 Å². The molecule has 0 heterocycles. The van der Waals surface area contributed by atoms with Gasteiger partial charge in [0.15, 0.2) is 0 Å². The van der Waals surface area contributed by atoms with Crippen LogP contribution in [0.15, 0.2) is 78.9 Å². The maximum atomic E-state index is 12.9. The minimum atomic E-state index is -0.0234. The van der Waals surface area contributed by atoms with Crippen molar-refractivity contribution < 1.29 is 14.3 Å². The molecule has 0 fully saturated rings. The lowest BCUT2D eigenvalue weighted by atomic mass is 10.1. The third-order valence-electron chi connectivity index (χ3n) is 4.67. The molecule has 0 saturated heterocycles. The highest BCUT2D eigenvalue weighted by molar-refractivity contribution is 5.95. The van der Waals surface area contributed by atoms with Gasteiger partial charge in [-0.3, -0.25) is 4.79 Å². The molecule has 150 valence electrons. The van der Waals surface area contributed by atoms with Crippen LogP contribution in [0.25, 0.3) is 0 Å². The van der Waals surface area contributed by atoms with Gasteiger partial charge in [0.2, 0.25) is 0 Å². The molecule has 0 aliphatic rings. The lowest BCUT2D eigenvalue weighted by Crippen LogP contribution is -2.30. The summed E-state index contributed by atoms with van der Waals surface area (Å²) in [6.07, 6.45) is 0. The number of amides is 1. The summed E-state index contributed by atoms with van der Waals surface area (Å²) in [5.74, 6) is 1.22. The normalized spacial score (nSPS) is 10.4. The van der Waals surface area contributed by atoms with Gasteiger partial charge >= 0.3 is 0 Å². The van der Waals surface area contributed by atoms with E-state index in [1.807, 2.05) is 80.6 Å². The third-order valence-corrected chi connectivity index (χ3v) is 4.67. The number of hydrogen-bond donors (Lipinski definition) is 0. The molecule has 3 aromatic carbocycles. The van der Waals surface area contributed by atoms with E-state index < -0.39 is 0 Å². The molecule has 1 amide bonds. The van der Waals surface area contributed by atoms with E-state index in [-0.39, 0.29) is 5.91 Å². The molecule has 29 heavy (non-hydrogen) atoms. The molecule has 0 spiro atoms. The minimum absolute atomic E-state index is 0.0234. The van der Waals surface area contributed by atoms with Gasteiger partial charge in [0, 0.05) is 24.7 Å². The van der Waals surface area contributed by atoms with E-state index in [4.69, 9.17) is 9.47 Å². The van der Waals surface area contributed by atoms with Crippen LogP contribution in [0.1, 0.15) is 35.3 Å². The van der Waals surface area contributed by atoms with Crippen LogP contribution in [-0.2, 0) is 13.2 Å². The van der Waals surface area contributed by atoms with Crippen molar-refractivity contribution in [2.24, 2.45) is 0 Å². The molecule has 0 saturated carbocycles. The fourth-order valence-corrected chi connectivity index (χ4v) is 3.04. The quantitative estimate of drug-likeness (QED) is 0.497. The Labute approximate surface area is 172 Å². The summed E-state index contributed by atoms with van der Waals surface area (Å²) in [6.45, 7) is 6.13. The van der Waals surface area contributed by atoms with Crippen LogP contribution in [-0.4, -0.2) is 23.9 Å². The molecule has 4 nitrogen and oxygen atoms in total. The van der Waals surface area contributed by atoms with E-state index >= 15 is 0 Å². The molecule has 0 bridgehead atoms. The van der Waals surface area contributed by atoms with E-state index in [1.165, 1.54) is 0 Å². The van der Waals surface area contributed by atoms with Crippen molar-refractivity contribution in [2.45, 2.75) is 27.1 Å². The second-order valence-electron chi connectivity index (χ2n) is 6.72. The van der Waals surface area contributed by atoms with Crippen LogP contribution in [0.5, 0.6) is 11.5 Å². The lowest BCUT2D eigenvalue weighted by Gasteiger charge is -2.20. The summed E-state index contributed by atoms with van der Waals surface area (Å²) >= 11 is 0. The highest BCUT2D eigenvalue weighted by atomic mass is 16.5. The zero-order valence-corrected chi connectivity index (χ0v) is 17.0. The van der Waals surface area contributed by atoms with Crippen molar-refractivity contribution in [1.29, 1.82) is 0 Å². The zero-order chi connectivity index (χ0) is 20.5. The number of nitrogens with zero attached hydrogens (tertiary/aromatic N) is 1. The van der Waals surface area contributed by atoms with Crippen molar-refractivity contribution in [3.63, 3.8) is 0 Å². The highest BCUT2D eigenvalue weighted by Crippen LogP contribution is 2.26. The van der Waals surface area contributed by atoms with Crippen LogP contribution < -0.4 is 9.47 Å². The monoisotopic (exact) mass is 389 g/mol. The molecule has 4 heteroatoms. The van der Waals surface area contributed by atoms with Gasteiger partial charge in [0.25, 0.3) is 5.91 Å². The zero-order valence-electron chi connectivity index (χ0n) is 17.0. The van der Waals surface area contributed by atoms with E-state index in [1.54, 1.807) is 17.0 Å². The molecule has 0 N–H and O–H groups in total. The molecule has 0 unspecified atom stereocenters. The molecule has 0 atom stereocenters. The van der Waals surface area contributed by atoms with Crippen molar-refractivity contribution in [1.82, 2.24) is 4.90 Å². The molecular weight excluding hydrogens is 362 g/mol. The number of benzene rings is 3. The Morgan fingerprint density at radius 1 is 0.724 bits per heavy atom. The largest absolute Gasteiger partial charge is 0.489 e. The SMILES string of the molecule is CCN(CC)C(=O)c1cc(OCc2ccccc2)cc(OCc2ccccc2)c1. The molecule has 0 aromatic heterocycles. The smallest absolute Gasteiger partial charge is 0.254 e. The van der Waals surface area contributed by atoms with Crippen LogP contribution in [0.2, 0.25) is 0 Å². The van der Waals surface area contributed by atoms with E-state index in [0.29, 0.717) is 43.4 Å². The van der Waals surface area contributed by atoms with Gasteiger partial charge in [0.05, 0.1) is 0 Å². The van der Waals surface area contributed by atoms with Crippen LogP contribution in [0.4, 0.5) is 0 Å². The summed E-state index contributed by atoms with van der Waals surface area (Å²) in [6, 6.07) is 25.3. The Hall–Kier alpha value is -3.27. The minimum Gasteiger partial charge on any atom is -0.489 e. The number of carbonyl (C=O) groups excluding carboxylic acids is 1. The van der Waals surface area contributed by atoms with Gasteiger partial charge in [0.1, 0.15) is 24.7 Å². The second-order valence-corrected chi connectivity index (χ2v) is 6.72. The van der Waals surface area contributed by atoms with Crippen LogP contribution >= 0.6 is 0 Å². The fourth-order valence-electron chi connectivity index (χ4n) is 3.04. The summed E-state index contributed by atoms with van der Waals surface area (Å²) in [4.78, 5) is 14.7. The molecule has 0 aliphatic heterocycles. The van der Waals surface area contributed by atoms with Crippen molar-refractivity contribution in [3.05, 3.63) is 95.6 Å². The average Bonchev–Trinajstić information content (AvgIpc) is 2.78. The summed E-state index contributed by atoms with van der Waals surface area (Å²) in [5, 5.41) is 0. The van der Waals surface area contributed by atoms with E-state index in [2.05, 4.69) is 0 Å². The molecule has 3 rings (SSSR count). The van der Waals surface area contributed by atoms with Crippen molar-refractivity contribution in [2.75, 3.05) is 13.1 Å². The maximum absolute atomic E-state index is 12.9. The molecule has 0 radical (unpaired) electrons. The number of ether oxygens (including phenoxy) is 2. The second kappa shape index (κ2) is 10.3. The van der Waals surface area contributed by atoms with Gasteiger partial charge in [-0.15, -0.1) is 0 Å². The number of carbonyl (C=O) groups is 1. The first-order chi connectivity index (χ1) is 14.2. The number of hydrogen-bond acceptors (Lipinski definition) is 3. The Morgan fingerprint density at radius 2 is 1.17 bits per heavy atom. The average molecular weight is 389 g/mol. The van der Waals surface area contributed by atoms with Crippen molar-refractivity contribution >= 4 is 5.91 Å². The fraction of sp³-hybridized carbons (Fsp3) is 0.240. The maximum Gasteiger partial charge on any atom is 0.254 e. The van der Waals surface area contributed by atoms with Gasteiger partial charge in [-0.1, -0.05) is 60.7 Å². The van der Waals surface area contributed by atoms with Gasteiger partial charge in [-0.2, -0.15) is 0 Å². The Bertz CT molecular complexity index is 844. The molecule has 3 aromatic rings. The van der Waals surface area contributed by atoms with Crippen LogP contribution in [0.3, 0.4) is 0 Å².